The maximum atomic E-state index is 6.35. The van der Waals surface area contributed by atoms with Gasteiger partial charge in [0.15, 0.2) is 5.58 Å². The summed E-state index contributed by atoms with van der Waals surface area (Å²) in [5, 5.41) is 2.50. The molecule has 1 aliphatic carbocycles. The number of fused-ring (bicyclic) bond motifs is 6. The molecule has 7 aromatic carbocycles. The van der Waals surface area contributed by atoms with Crippen LogP contribution in [-0.4, -0.2) is 4.98 Å². The lowest BCUT2D eigenvalue weighted by Crippen LogP contribution is -2.10. The number of allylic oxidation sites excluding steroid dienone is 4. The van der Waals surface area contributed by atoms with Crippen molar-refractivity contribution in [2.24, 2.45) is 0 Å². The van der Waals surface area contributed by atoms with E-state index in [1.165, 1.54) is 33.0 Å². The molecule has 2 aliphatic rings. The first-order chi connectivity index (χ1) is 25.2. The van der Waals surface area contributed by atoms with E-state index in [4.69, 9.17) is 14.1 Å². The molecule has 2 heterocycles. The second kappa shape index (κ2) is 12.0. The van der Waals surface area contributed by atoms with Crippen LogP contribution < -0.4 is 9.64 Å². The molecule has 0 fully saturated rings. The molecule has 51 heavy (non-hydrogen) atoms. The fourth-order valence-corrected chi connectivity index (χ4v) is 7.52. The smallest absolute Gasteiger partial charge is 0.227 e. The fourth-order valence-electron chi connectivity index (χ4n) is 7.52. The Morgan fingerprint density at radius 1 is 0.529 bits per heavy atom. The topological polar surface area (TPSA) is 38.5 Å². The van der Waals surface area contributed by atoms with Crippen molar-refractivity contribution >= 4 is 44.5 Å². The number of oxazole rings is 1. The molecule has 0 radical (unpaired) electrons. The van der Waals surface area contributed by atoms with E-state index in [2.05, 4.69) is 138 Å². The van der Waals surface area contributed by atoms with Gasteiger partial charge in [0.25, 0.3) is 0 Å². The first-order valence-corrected chi connectivity index (χ1v) is 17.4. The molecule has 0 spiro atoms. The highest BCUT2D eigenvalue weighted by Gasteiger charge is 2.35. The van der Waals surface area contributed by atoms with Gasteiger partial charge < -0.3 is 14.1 Å². The van der Waals surface area contributed by atoms with Crippen molar-refractivity contribution in [1.82, 2.24) is 4.98 Å². The lowest BCUT2D eigenvalue weighted by molar-refractivity contribution is 0.426. The first-order valence-electron chi connectivity index (χ1n) is 17.4. The SMILES string of the molecule is C1=C(c2ccc(N(c3ccccc3)c3ccc(-c4ccc5ccccc5c4)cc3)cc2)CC2C(=C1)Oc1ccc3oc(-c4ccccc4)nc3c12. The lowest BCUT2D eigenvalue weighted by atomic mass is 9.85. The van der Waals surface area contributed by atoms with E-state index in [0.717, 1.165) is 57.2 Å². The molecule has 1 unspecified atom stereocenters. The van der Waals surface area contributed by atoms with Gasteiger partial charge in [-0.15, -0.1) is 0 Å². The molecule has 10 rings (SSSR count). The van der Waals surface area contributed by atoms with Gasteiger partial charge in [-0.2, -0.15) is 0 Å². The van der Waals surface area contributed by atoms with Crippen molar-refractivity contribution in [2.45, 2.75) is 12.3 Å². The molecule has 4 heteroatoms. The van der Waals surface area contributed by atoms with Crippen molar-refractivity contribution in [2.75, 3.05) is 4.90 Å². The maximum absolute atomic E-state index is 6.35. The molecule has 1 aromatic heterocycles. The zero-order valence-corrected chi connectivity index (χ0v) is 27.7. The molecule has 0 bridgehead atoms. The van der Waals surface area contributed by atoms with Gasteiger partial charge in [0.05, 0.1) is 5.92 Å². The minimum atomic E-state index is 0.0824. The molecular formula is C47H32N2O2. The van der Waals surface area contributed by atoms with Crippen LogP contribution in [0.25, 0.3) is 50.0 Å². The van der Waals surface area contributed by atoms with Crippen LogP contribution in [-0.2, 0) is 0 Å². The number of para-hydroxylation sites is 1. The summed E-state index contributed by atoms with van der Waals surface area (Å²) in [6, 6.07) is 57.6. The van der Waals surface area contributed by atoms with Crippen LogP contribution in [0.2, 0.25) is 0 Å². The van der Waals surface area contributed by atoms with E-state index < -0.39 is 0 Å². The molecule has 0 saturated heterocycles. The van der Waals surface area contributed by atoms with Crippen LogP contribution in [0.15, 0.2) is 186 Å². The van der Waals surface area contributed by atoms with Crippen LogP contribution in [0.5, 0.6) is 5.75 Å². The summed E-state index contributed by atoms with van der Waals surface area (Å²) in [5.74, 6) is 2.54. The van der Waals surface area contributed by atoms with Gasteiger partial charge in [0.2, 0.25) is 5.89 Å². The molecule has 1 atom stereocenters. The van der Waals surface area contributed by atoms with Crippen LogP contribution >= 0.6 is 0 Å². The quantitative estimate of drug-likeness (QED) is 0.179. The largest absolute Gasteiger partial charge is 0.461 e. The standard InChI is InChI=1S/C47H32N2O2/c1-3-10-34(11-4-1)47-48-46-44(51-47)28-27-43-45(46)41-30-37(21-26-42(41)50-43)33-19-24-40(25-20-33)49(38-13-5-2-6-14-38)39-22-17-32(18-23-39)36-16-15-31-9-7-8-12-35(31)29-36/h1-29,41H,30H2. The van der Waals surface area contributed by atoms with Crippen LogP contribution in [0.1, 0.15) is 23.5 Å². The number of anilines is 3. The van der Waals surface area contributed by atoms with Crippen molar-refractivity contribution in [1.29, 1.82) is 0 Å². The summed E-state index contributed by atoms with van der Waals surface area (Å²) in [7, 11) is 0. The van der Waals surface area contributed by atoms with Gasteiger partial charge in [-0.25, -0.2) is 4.98 Å². The van der Waals surface area contributed by atoms with Crippen molar-refractivity contribution in [3.8, 4) is 28.3 Å². The normalized spacial score (nSPS) is 14.8. The molecular weight excluding hydrogens is 625 g/mol. The van der Waals surface area contributed by atoms with Crippen molar-refractivity contribution < 1.29 is 9.15 Å². The Balaban J connectivity index is 0.946. The molecule has 1 aliphatic heterocycles. The van der Waals surface area contributed by atoms with Gasteiger partial charge in [-0.3, -0.25) is 0 Å². The van der Waals surface area contributed by atoms with Crippen LogP contribution in [0, 0.1) is 0 Å². The van der Waals surface area contributed by atoms with E-state index in [1.54, 1.807) is 0 Å². The predicted molar refractivity (Wildman–Crippen MR) is 208 cm³/mol. The number of nitrogens with zero attached hydrogens (tertiary/aromatic N) is 2. The predicted octanol–water partition coefficient (Wildman–Crippen LogP) is 12.6. The van der Waals surface area contributed by atoms with E-state index in [1.807, 2.05) is 42.5 Å². The Labute approximate surface area is 296 Å². The fraction of sp³-hybridized carbons (Fsp3) is 0.0426. The summed E-state index contributed by atoms with van der Waals surface area (Å²) in [4.78, 5) is 7.28. The average molecular weight is 657 g/mol. The molecule has 4 nitrogen and oxygen atoms in total. The third-order valence-corrected chi connectivity index (χ3v) is 10.1. The molecule has 0 saturated carbocycles. The van der Waals surface area contributed by atoms with E-state index in [9.17, 15) is 0 Å². The Morgan fingerprint density at radius 3 is 1.94 bits per heavy atom. The van der Waals surface area contributed by atoms with Gasteiger partial charge in [-0.05, 0) is 112 Å². The summed E-state index contributed by atoms with van der Waals surface area (Å²) < 4.78 is 12.6. The Morgan fingerprint density at radius 2 is 1.18 bits per heavy atom. The second-order valence-corrected chi connectivity index (χ2v) is 13.2. The summed E-state index contributed by atoms with van der Waals surface area (Å²) in [6.45, 7) is 0. The van der Waals surface area contributed by atoms with E-state index >= 15 is 0 Å². The highest BCUT2D eigenvalue weighted by molar-refractivity contribution is 5.89. The zero-order chi connectivity index (χ0) is 33.7. The summed E-state index contributed by atoms with van der Waals surface area (Å²) in [5.41, 5.74) is 11.9. The lowest BCUT2D eigenvalue weighted by Gasteiger charge is -2.26. The van der Waals surface area contributed by atoms with Gasteiger partial charge >= 0.3 is 0 Å². The number of rotatable bonds is 6. The number of hydrogen-bond donors (Lipinski definition) is 0. The minimum absolute atomic E-state index is 0.0824. The Kier molecular flexibility index (Phi) is 6.91. The molecule has 0 N–H and O–H groups in total. The Bertz CT molecular complexity index is 2620. The summed E-state index contributed by atoms with van der Waals surface area (Å²) >= 11 is 0. The van der Waals surface area contributed by atoms with Gasteiger partial charge in [0, 0.05) is 28.2 Å². The third-order valence-electron chi connectivity index (χ3n) is 10.1. The maximum Gasteiger partial charge on any atom is 0.227 e. The zero-order valence-electron chi connectivity index (χ0n) is 27.7. The van der Waals surface area contributed by atoms with Gasteiger partial charge in [-0.1, -0.05) is 103 Å². The van der Waals surface area contributed by atoms with E-state index in [-0.39, 0.29) is 5.92 Å². The third kappa shape index (κ3) is 5.20. The minimum Gasteiger partial charge on any atom is -0.461 e. The summed E-state index contributed by atoms with van der Waals surface area (Å²) in [6.07, 6.45) is 5.14. The van der Waals surface area contributed by atoms with E-state index in [0.29, 0.717) is 5.89 Å². The van der Waals surface area contributed by atoms with Crippen LogP contribution in [0.3, 0.4) is 0 Å². The molecule has 8 aromatic rings. The molecule has 242 valence electrons. The molecule has 0 amide bonds. The van der Waals surface area contributed by atoms with Crippen molar-refractivity contribution in [3.05, 3.63) is 193 Å². The highest BCUT2D eigenvalue weighted by Crippen LogP contribution is 2.50. The number of benzene rings is 7. The number of ether oxygens (including phenoxy) is 1. The number of aromatic nitrogens is 1. The monoisotopic (exact) mass is 656 g/mol. The average Bonchev–Trinajstić information content (AvgIpc) is 3.81. The second-order valence-electron chi connectivity index (χ2n) is 13.2. The Hall–Kier alpha value is -6.65. The number of hydrogen-bond acceptors (Lipinski definition) is 4. The van der Waals surface area contributed by atoms with Crippen LogP contribution in [0.4, 0.5) is 17.1 Å². The highest BCUT2D eigenvalue weighted by atomic mass is 16.5. The first kappa shape index (κ1) is 29.3. The van der Waals surface area contributed by atoms with Crippen molar-refractivity contribution in [3.63, 3.8) is 0 Å². The van der Waals surface area contributed by atoms with Gasteiger partial charge in [0.1, 0.15) is 17.0 Å².